The lowest BCUT2D eigenvalue weighted by molar-refractivity contribution is -0.123. The topological polar surface area (TPSA) is 29.1 Å². The molecule has 0 heterocycles. The minimum Gasteiger partial charge on any atom is -0.277 e. The van der Waals surface area contributed by atoms with Gasteiger partial charge < -0.3 is 0 Å². The number of hydrogen-bond acceptors (Lipinski definition) is 1. The van der Waals surface area contributed by atoms with Crippen LogP contribution in [-0.2, 0) is 4.79 Å². The quantitative estimate of drug-likeness (QED) is 0.429. The SMILES string of the molecule is O=[C]NC#CCC(F)(F)F. The minimum atomic E-state index is -4.29. The lowest BCUT2D eigenvalue weighted by atomic mass is 10.4. The van der Waals surface area contributed by atoms with Crippen LogP contribution in [0.1, 0.15) is 6.42 Å². The zero-order valence-corrected chi connectivity index (χ0v) is 4.75. The van der Waals surface area contributed by atoms with E-state index >= 15 is 0 Å². The van der Waals surface area contributed by atoms with Crippen LogP contribution in [0.3, 0.4) is 0 Å². The third-order valence-corrected chi connectivity index (χ3v) is 0.491. The van der Waals surface area contributed by atoms with Crippen molar-refractivity contribution in [3.05, 3.63) is 0 Å². The van der Waals surface area contributed by atoms with E-state index in [1.54, 1.807) is 17.3 Å². The summed E-state index contributed by atoms with van der Waals surface area (Å²) in [6.45, 7) is 0. The molecule has 55 valence electrons. The van der Waals surface area contributed by atoms with Crippen LogP contribution >= 0.6 is 0 Å². The third-order valence-electron chi connectivity index (χ3n) is 0.491. The summed E-state index contributed by atoms with van der Waals surface area (Å²) in [6.07, 6.45) is -4.40. The Morgan fingerprint density at radius 3 is 2.40 bits per heavy atom. The summed E-state index contributed by atoms with van der Waals surface area (Å²) in [6, 6.07) is 1.75. The van der Waals surface area contributed by atoms with Gasteiger partial charge in [0.2, 0.25) is 0 Å². The van der Waals surface area contributed by atoms with Crippen molar-refractivity contribution >= 4 is 6.41 Å². The zero-order chi connectivity index (χ0) is 8.04. The van der Waals surface area contributed by atoms with Gasteiger partial charge in [0.15, 0.2) is 0 Å². The normalized spacial score (nSPS) is 9.50. The van der Waals surface area contributed by atoms with Crippen LogP contribution in [-0.4, -0.2) is 12.6 Å². The van der Waals surface area contributed by atoms with E-state index in [9.17, 15) is 18.0 Å². The molecule has 0 unspecified atom stereocenters. The second-order valence-electron chi connectivity index (χ2n) is 1.32. The van der Waals surface area contributed by atoms with Gasteiger partial charge in [-0.3, -0.25) is 10.1 Å². The van der Waals surface area contributed by atoms with E-state index in [2.05, 4.69) is 0 Å². The van der Waals surface area contributed by atoms with E-state index in [0.29, 0.717) is 0 Å². The highest BCUT2D eigenvalue weighted by molar-refractivity contribution is 5.50. The standard InChI is InChI=1S/C5H3F3NO/c6-5(7,8)2-1-3-9-4-10/h2H2,(H,9,10). The highest BCUT2D eigenvalue weighted by Crippen LogP contribution is 2.17. The number of rotatable bonds is 1. The summed E-state index contributed by atoms with van der Waals surface area (Å²) in [5, 5.41) is 1.65. The average molecular weight is 150 g/mol. The molecule has 0 fully saturated rings. The van der Waals surface area contributed by atoms with Crippen molar-refractivity contribution < 1.29 is 18.0 Å². The van der Waals surface area contributed by atoms with Crippen LogP contribution in [0.25, 0.3) is 0 Å². The summed E-state index contributed by atoms with van der Waals surface area (Å²) in [5.74, 6) is 1.68. The monoisotopic (exact) mass is 150 g/mol. The van der Waals surface area contributed by atoms with Gasteiger partial charge >= 0.3 is 12.6 Å². The lowest BCUT2D eigenvalue weighted by Crippen LogP contribution is -2.06. The maximum absolute atomic E-state index is 11.3. The molecule has 0 saturated heterocycles. The first-order valence-electron chi connectivity index (χ1n) is 2.23. The molecule has 0 spiro atoms. The maximum atomic E-state index is 11.3. The fourth-order valence-corrected chi connectivity index (χ4v) is 0.214. The van der Waals surface area contributed by atoms with E-state index in [0.717, 1.165) is 6.41 Å². The van der Waals surface area contributed by atoms with Gasteiger partial charge in [0.1, 0.15) is 6.42 Å². The average Bonchev–Trinajstić information content (AvgIpc) is 1.78. The molecule has 1 amide bonds. The summed E-state index contributed by atoms with van der Waals surface area (Å²) in [4.78, 5) is 9.31. The number of alkyl halides is 3. The van der Waals surface area contributed by atoms with E-state index < -0.39 is 12.6 Å². The van der Waals surface area contributed by atoms with Gasteiger partial charge in [-0.2, -0.15) is 13.2 Å². The number of nitrogens with one attached hydrogen (secondary N) is 1. The van der Waals surface area contributed by atoms with Crippen LogP contribution in [0, 0.1) is 12.0 Å². The van der Waals surface area contributed by atoms with E-state index in [4.69, 9.17) is 0 Å². The molecular weight excluding hydrogens is 147 g/mol. The lowest BCUT2D eigenvalue weighted by Gasteiger charge is -1.96. The summed E-state index contributed by atoms with van der Waals surface area (Å²) in [5.41, 5.74) is 0. The molecule has 0 bridgehead atoms. The first-order chi connectivity index (χ1) is 4.56. The number of carbonyl (C=O) groups excluding carboxylic acids is 1. The van der Waals surface area contributed by atoms with E-state index in [1.807, 2.05) is 0 Å². The molecule has 10 heavy (non-hydrogen) atoms. The van der Waals surface area contributed by atoms with Gasteiger partial charge in [-0.05, 0) is 0 Å². The van der Waals surface area contributed by atoms with Crippen molar-refractivity contribution in [2.45, 2.75) is 12.6 Å². The van der Waals surface area contributed by atoms with Gasteiger partial charge in [0.05, 0.1) is 0 Å². The van der Waals surface area contributed by atoms with E-state index in [1.165, 1.54) is 0 Å². The molecule has 0 aliphatic heterocycles. The fourth-order valence-electron chi connectivity index (χ4n) is 0.214. The second-order valence-corrected chi connectivity index (χ2v) is 1.32. The molecule has 0 atom stereocenters. The van der Waals surface area contributed by atoms with Crippen LogP contribution in [0.5, 0.6) is 0 Å². The Balaban J connectivity index is 3.55. The molecule has 0 aromatic carbocycles. The largest absolute Gasteiger partial charge is 0.399 e. The highest BCUT2D eigenvalue weighted by atomic mass is 19.4. The van der Waals surface area contributed by atoms with Gasteiger partial charge in [-0.15, -0.1) is 0 Å². The predicted octanol–water partition coefficient (Wildman–Crippen LogP) is 0.557. The summed E-state index contributed by atoms with van der Waals surface area (Å²) >= 11 is 0. The Labute approximate surface area is 55.4 Å². The van der Waals surface area contributed by atoms with Crippen molar-refractivity contribution in [3.8, 4) is 12.0 Å². The minimum absolute atomic E-state index is 1.11. The van der Waals surface area contributed by atoms with Crippen molar-refractivity contribution in [2.75, 3.05) is 0 Å². The fraction of sp³-hybridized carbons (Fsp3) is 0.400. The second kappa shape index (κ2) is 3.77. The Bertz CT molecular complexity index is 164. The maximum Gasteiger partial charge on any atom is 0.399 e. The molecule has 0 aromatic rings. The Morgan fingerprint density at radius 2 is 2.00 bits per heavy atom. The van der Waals surface area contributed by atoms with Gasteiger partial charge in [0.25, 0.3) is 0 Å². The Kier molecular flexibility index (Phi) is 3.33. The molecule has 0 aliphatic carbocycles. The van der Waals surface area contributed by atoms with Gasteiger partial charge in [-0.1, -0.05) is 5.92 Å². The molecular formula is C5H3F3NO. The van der Waals surface area contributed by atoms with Crippen molar-refractivity contribution in [1.82, 2.24) is 5.32 Å². The van der Waals surface area contributed by atoms with E-state index in [-0.39, 0.29) is 0 Å². The van der Waals surface area contributed by atoms with Crippen LogP contribution in [0.15, 0.2) is 0 Å². The van der Waals surface area contributed by atoms with Gasteiger partial charge in [-0.25, -0.2) is 0 Å². The Hall–Kier alpha value is -1.18. The molecule has 0 aliphatic rings. The highest BCUT2D eigenvalue weighted by Gasteiger charge is 2.25. The predicted molar refractivity (Wildman–Crippen MR) is 27.3 cm³/mol. The van der Waals surface area contributed by atoms with Crippen molar-refractivity contribution in [1.29, 1.82) is 0 Å². The number of halogens is 3. The molecule has 0 saturated carbocycles. The third kappa shape index (κ3) is 6.82. The first-order valence-corrected chi connectivity index (χ1v) is 2.23. The molecule has 1 N–H and O–H groups in total. The molecule has 2 nitrogen and oxygen atoms in total. The molecule has 5 heteroatoms. The number of hydrogen-bond donors (Lipinski definition) is 1. The van der Waals surface area contributed by atoms with Gasteiger partial charge in [0, 0.05) is 6.04 Å². The number of amides is 1. The Morgan fingerprint density at radius 1 is 1.40 bits per heavy atom. The molecule has 0 aromatic heterocycles. The van der Waals surface area contributed by atoms with Crippen molar-refractivity contribution in [3.63, 3.8) is 0 Å². The van der Waals surface area contributed by atoms with Crippen LogP contribution < -0.4 is 5.32 Å². The first kappa shape index (κ1) is 8.82. The van der Waals surface area contributed by atoms with Crippen molar-refractivity contribution in [2.24, 2.45) is 0 Å². The molecule has 1 radical (unpaired) electrons. The molecule has 0 rings (SSSR count). The van der Waals surface area contributed by atoms with Crippen LogP contribution in [0.4, 0.5) is 13.2 Å². The zero-order valence-electron chi connectivity index (χ0n) is 4.75. The summed E-state index contributed by atoms with van der Waals surface area (Å²) < 4.78 is 33.8. The van der Waals surface area contributed by atoms with Crippen LogP contribution in [0.2, 0.25) is 0 Å². The smallest absolute Gasteiger partial charge is 0.277 e. The summed E-state index contributed by atoms with van der Waals surface area (Å²) in [7, 11) is 0.